The van der Waals surface area contributed by atoms with Gasteiger partial charge >= 0.3 is 5.97 Å². The number of carbonyl (C=O) groups excluding carboxylic acids is 2. The van der Waals surface area contributed by atoms with Crippen molar-refractivity contribution in [2.75, 3.05) is 6.61 Å². The summed E-state index contributed by atoms with van der Waals surface area (Å²) in [6.45, 7) is 3.65. The second-order valence-electron chi connectivity index (χ2n) is 5.07. The van der Waals surface area contributed by atoms with Crippen LogP contribution in [0.2, 0.25) is 0 Å². The number of esters is 1. The predicted molar refractivity (Wildman–Crippen MR) is 68.4 cm³/mol. The van der Waals surface area contributed by atoms with Crippen molar-refractivity contribution in [3.8, 4) is 0 Å². The highest BCUT2D eigenvalue weighted by atomic mass is 16.5. The Morgan fingerprint density at radius 2 is 2.00 bits per heavy atom. The Hall–Kier alpha value is -1.45. The van der Waals surface area contributed by atoms with Gasteiger partial charge in [0.1, 0.15) is 6.61 Å². The van der Waals surface area contributed by atoms with E-state index in [4.69, 9.17) is 4.74 Å². The quantitative estimate of drug-likeness (QED) is 0.719. The van der Waals surface area contributed by atoms with E-state index in [-0.39, 0.29) is 24.3 Å². The monoisotopic (exact) mass is 249 g/mol. The molecule has 1 fully saturated rings. The van der Waals surface area contributed by atoms with Gasteiger partial charge in [0.05, 0.1) is 11.6 Å². The third-order valence-corrected chi connectivity index (χ3v) is 3.68. The molecule has 98 valence electrons. The van der Waals surface area contributed by atoms with Gasteiger partial charge in [0.15, 0.2) is 5.78 Å². The molecule has 0 radical (unpaired) electrons. The highest BCUT2D eigenvalue weighted by Crippen LogP contribution is 2.27. The van der Waals surface area contributed by atoms with E-state index >= 15 is 0 Å². The van der Waals surface area contributed by atoms with Crippen molar-refractivity contribution >= 4 is 17.5 Å². The predicted octanol–water partition coefficient (Wildman–Crippen LogP) is 2.43. The fourth-order valence-corrected chi connectivity index (χ4v) is 2.45. The summed E-state index contributed by atoms with van der Waals surface area (Å²) in [6.07, 6.45) is 4.68. The summed E-state index contributed by atoms with van der Waals surface area (Å²) in [5, 5.41) is 0. The van der Waals surface area contributed by atoms with Crippen LogP contribution in [0.1, 0.15) is 46.0 Å². The first-order valence-corrected chi connectivity index (χ1v) is 6.51. The summed E-state index contributed by atoms with van der Waals surface area (Å²) in [7, 11) is 0. The van der Waals surface area contributed by atoms with Crippen LogP contribution in [-0.2, 0) is 14.3 Å². The van der Waals surface area contributed by atoms with Crippen molar-refractivity contribution in [1.29, 1.82) is 0 Å². The highest BCUT2D eigenvalue weighted by Gasteiger charge is 2.25. The molecular formula is C14H19NO3. The molecule has 0 atom stereocenters. The van der Waals surface area contributed by atoms with Crippen molar-refractivity contribution in [2.24, 2.45) is 10.9 Å². The molecule has 1 heterocycles. The summed E-state index contributed by atoms with van der Waals surface area (Å²) in [4.78, 5) is 27.2. The van der Waals surface area contributed by atoms with Crippen LogP contribution in [-0.4, -0.2) is 24.1 Å². The first-order chi connectivity index (χ1) is 8.58. The first kappa shape index (κ1) is 13.0. The molecule has 0 aromatic rings. The number of nitrogens with zero attached hydrogens (tertiary/aromatic N) is 1. The van der Waals surface area contributed by atoms with E-state index in [1.807, 2.05) is 6.92 Å². The minimum absolute atomic E-state index is 0.00790. The summed E-state index contributed by atoms with van der Waals surface area (Å²) in [6, 6.07) is 0. The third-order valence-electron chi connectivity index (χ3n) is 3.68. The standard InChI is InChI=1S/C14H19NO3/c1-9-12(7-13(15-9)10(2)16)8-18-14(17)11-5-3-4-6-11/h11H,3-8H2,1-2H3. The second kappa shape index (κ2) is 5.46. The highest BCUT2D eigenvalue weighted by molar-refractivity contribution is 6.40. The molecule has 0 amide bonds. The number of carbonyl (C=O) groups is 2. The van der Waals surface area contributed by atoms with Gasteiger partial charge in [-0.15, -0.1) is 0 Å². The maximum absolute atomic E-state index is 11.8. The minimum Gasteiger partial charge on any atom is -0.461 e. The Kier molecular flexibility index (Phi) is 3.94. The zero-order valence-corrected chi connectivity index (χ0v) is 11.0. The van der Waals surface area contributed by atoms with Gasteiger partial charge in [-0.2, -0.15) is 0 Å². The normalized spacial score (nSPS) is 20.2. The number of Topliss-reactive ketones (excluding diaryl/α,β-unsaturated/α-hetero) is 1. The summed E-state index contributed by atoms with van der Waals surface area (Å²) < 4.78 is 5.33. The number of hydrogen-bond donors (Lipinski definition) is 0. The molecule has 1 saturated carbocycles. The number of rotatable bonds is 4. The molecule has 2 rings (SSSR count). The Labute approximate surface area is 107 Å². The van der Waals surface area contributed by atoms with E-state index in [9.17, 15) is 9.59 Å². The smallest absolute Gasteiger partial charge is 0.309 e. The van der Waals surface area contributed by atoms with Gasteiger partial charge in [-0.25, -0.2) is 0 Å². The van der Waals surface area contributed by atoms with Crippen molar-refractivity contribution < 1.29 is 14.3 Å². The van der Waals surface area contributed by atoms with Crippen LogP contribution in [0.25, 0.3) is 0 Å². The van der Waals surface area contributed by atoms with Gasteiger partial charge in [0.25, 0.3) is 0 Å². The summed E-state index contributed by atoms with van der Waals surface area (Å²) in [5.41, 5.74) is 2.34. The van der Waals surface area contributed by atoms with E-state index in [1.165, 1.54) is 6.92 Å². The molecule has 0 bridgehead atoms. The zero-order valence-electron chi connectivity index (χ0n) is 11.0. The van der Waals surface area contributed by atoms with Crippen LogP contribution in [0.5, 0.6) is 0 Å². The molecule has 1 aliphatic carbocycles. The van der Waals surface area contributed by atoms with Crippen LogP contribution in [0.3, 0.4) is 0 Å². The minimum atomic E-state index is -0.0934. The fourth-order valence-electron chi connectivity index (χ4n) is 2.45. The molecule has 18 heavy (non-hydrogen) atoms. The van der Waals surface area contributed by atoms with Gasteiger partial charge in [0.2, 0.25) is 0 Å². The molecule has 2 aliphatic rings. The molecule has 0 unspecified atom stereocenters. The van der Waals surface area contributed by atoms with Crippen LogP contribution in [0.4, 0.5) is 0 Å². The van der Waals surface area contributed by atoms with Gasteiger partial charge in [0, 0.05) is 19.0 Å². The molecule has 0 saturated heterocycles. The average Bonchev–Trinajstić information content (AvgIpc) is 2.95. The van der Waals surface area contributed by atoms with E-state index < -0.39 is 0 Å². The lowest BCUT2D eigenvalue weighted by Gasteiger charge is -2.10. The summed E-state index contributed by atoms with van der Waals surface area (Å²) >= 11 is 0. The maximum Gasteiger partial charge on any atom is 0.309 e. The molecule has 4 nitrogen and oxygen atoms in total. The topological polar surface area (TPSA) is 55.7 Å². The lowest BCUT2D eigenvalue weighted by Crippen LogP contribution is -2.17. The van der Waals surface area contributed by atoms with E-state index in [2.05, 4.69) is 4.99 Å². The number of aliphatic imine (C=N–C) groups is 1. The SMILES string of the molecule is CC(=O)C1=NC(C)=C(COC(=O)C2CCCC2)C1. The Morgan fingerprint density at radius 3 is 2.56 bits per heavy atom. The molecule has 0 N–H and O–H groups in total. The Balaban J connectivity index is 1.83. The van der Waals surface area contributed by atoms with Crippen LogP contribution >= 0.6 is 0 Å². The Bertz CT molecular complexity index is 428. The molecule has 1 aliphatic heterocycles. The van der Waals surface area contributed by atoms with Gasteiger partial charge in [-0.1, -0.05) is 12.8 Å². The molecule has 0 spiro atoms. The van der Waals surface area contributed by atoms with Crippen molar-refractivity contribution in [1.82, 2.24) is 0 Å². The molecule has 4 heteroatoms. The largest absolute Gasteiger partial charge is 0.461 e. The lowest BCUT2D eigenvalue weighted by atomic mass is 10.1. The number of ketones is 1. The number of allylic oxidation sites excluding steroid dienone is 1. The first-order valence-electron chi connectivity index (χ1n) is 6.51. The van der Waals surface area contributed by atoms with Crippen LogP contribution in [0.15, 0.2) is 16.3 Å². The molecular weight excluding hydrogens is 230 g/mol. The van der Waals surface area contributed by atoms with Gasteiger partial charge < -0.3 is 4.74 Å². The van der Waals surface area contributed by atoms with E-state index in [1.54, 1.807) is 0 Å². The van der Waals surface area contributed by atoms with Crippen molar-refractivity contribution in [3.63, 3.8) is 0 Å². The van der Waals surface area contributed by atoms with Crippen LogP contribution < -0.4 is 0 Å². The molecule has 0 aromatic heterocycles. The third kappa shape index (κ3) is 2.86. The van der Waals surface area contributed by atoms with Gasteiger partial charge in [-0.05, 0) is 25.3 Å². The number of ether oxygens (including phenoxy) is 1. The van der Waals surface area contributed by atoms with Crippen molar-refractivity contribution in [3.05, 3.63) is 11.3 Å². The molecule has 0 aromatic carbocycles. The summed E-state index contributed by atoms with van der Waals surface area (Å²) in [5.74, 6) is -0.0175. The zero-order chi connectivity index (χ0) is 13.1. The van der Waals surface area contributed by atoms with E-state index in [0.717, 1.165) is 37.0 Å². The van der Waals surface area contributed by atoms with Crippen molar-refractivity contribution in [2.45, 2.75) is 46.0 Å². The average molecular weight is 249 g/mol. The second-order valence-corrected chi connectivity index (χ2v) is 5.07. The van der Waals surface area contributed by atoms with Crippen LogP contribution in [0, 0.1) is 5.92 Å². The Morgan fingerprint density at radius 1 is 1.33 bits per heavy atom. The fraction of sp³-hybridized carbons (Fsp3) is 0.643. The maximum atomic E-state index is 11.8. The van der Waals surface area contributed by atoms with Gasteiger partial charge in [-0.3, -0.25) is 14.6 Å². The lowest BCUT2D eigenvalue weighted by molar-refractivity contribution is -0.147. The van der Waals surface area contributed by atoms with E-state index in [0.29, 0.717) is 12.1 Å². The number of hydrogen-bond acceptors (Lipinski definition) is 4.